The third-order valence-corrected chi connectivity index (χ3v) is 5.70. The predicted molar refractivity (Wildman–Crippen MR) is 86.7 cm³/mol. The summed E-state index contributed by atoms with van der Waals surface area (Å²) < 4.78 is 1.07. The third kappa shape index (κ3) is 2.40. The van der Waals surface area contributed by atoms with E-state index in [1.807, 2.05) is 32.0 Å². The molecule has 3 N–H and O–H groups in total. The van der Waals surface area contributed by atoms with Crippen LogP contribution in [0.2, 0.25) is 0 Å². The summed E-state index contributed by atoms with van der Waals surface area (Å²) in [6.07, 6.45) is 0.386. The predicted octanol–water partition coefficient (Wildman–Crippen LogP) is 2.63. The lowest BCUT2D eigenvalue weighted by atomic mass is 9.96. The van der Waals surface area contributed by atoms with Crippen molar-refractivity contribution in [2.24, 2.45) is 5.92 Å². The standard InChI is InChI=1S/C16H20N2O2S/c1-9-6-7-18(8-12(9)19)16(20)15-13(17)11-5-3-4-10(2)14(11)21-15/h3-5,9,12,19H,6-8,17H2,1-2H3. The smallest absolute Gasteiger partial charge is 0.266 e. The number of aliphatic hydroxyl groups excluding tert-OH is 1. The molecule has 5 heteroatoms. The highest BCUT2D eigenvalue weighted by Gasteiger charge is 2.30. The highest BCUT2D eigenvalue weighted by molar-refractivity contribution is 7.21. The third-order valence-electron chi connectivity index (χ3n) is 4.35. The van der Waals surface area contributed by atoms with E-state index >= 15 is 0 Å². The summed E-state index contributed by atoms with van der Waals surface area (Å²) in [4.78, 5) is 15.0. The molecule has 1 aromatic heterocycles. The van der Waals surface area contributed by atoms with E-state index in [0.717, 1.165) is 22.1 Å². The molecule has 2 heterocycles. The number of likely N-dealkylation sites (tertiary alicyclic amines) is 1. The number of thiophene rings is 1. The number of β-amino-alcohol motifs (C(OH)–C–C–N with tert-alkyl or cyclic N) is 1. The van der Waals surface area contributed by atoms with Crippen molar-refractivity contribution in [1.29, 1.82) is 0 Å². The summed E-state index contributed by atoms with van der Waals surface area (Å²) in [5.41, 5.74) is 7.88. The summed E-state index contributed by atoms with van der Waals surface area (Å²) in [5, 5.41) is 10.9. The molecule has 1 fully saturated rings. The Bertz CT molecular complexity index is 695. The van der Waals surface area contributed by atoms with Gasteiger partial charge in [0, 0.05) is 23.2 Å². The quantitative estimate of drug-likeness (QED) is 0.851. The van der Waals surface area contributed by atoms with Crippen molar-refractivity contribution in [1.82, 2.24) is 4.90 Å². The van der Waals surface area contributed by atoms with E-state index in [2.05, 4.69) is 0 Å². The summed E-state index contributed by atoms with van der Waals surface area (Å²) in [6.45, 7) is 5.12. The molecule has 1 aromatic carbocycles. The second-order valence-corrected chi connectivity index (χ2v) is 6.90. The summed E-state index contributed by atoms with van der Waals surface area (Å²) in [6, 6.07) is 5.94. The molecule has 4 nitrogen and oxygen atoms in total. The Balaban J connectivity index is 1.95. The summed E-state index contributed by atoms with van der Waals surface area (Å²) in [5.74, 6) is 0.190. The van der Waals surface area contributed by atoms with Gasteiger partial charge < -0.3 is 15.7 Å². The number of hydrogen-bond donors (Lipinski definition) is 2. The van der Waals surface area contributed by atoms with E-state index in [9.17, 15) is 9.90 Å². The number of fused-ring (bicyclic) bond motifs is 1. The largest absolute Gasteiger partial charge is 0.397 e. The molecule has 2 atom stereocenters. The second-order valence-electron chi connectivity index (χ2n) is 5.88. The fraction of sp³-hybridized carbons (Fsp3) is 0.438. The van der Waals surface area contributed by atoms with Crippen molar-refractivity contribution in [3.05, 3.63) is 28.6 Å². The van der Waals surface area contributed by atoms with Gasteiger partial charge in [-0.15, -0.1) is 11.3 Å². The SMILES string of the molecule is Cc1cccc2c(N)c(C(=O)N3CCC(C)C(O)C3)sc12. The first-order valence-corrected chi connectivity index (χ1v) is 8.05. The second kappa shape index (κ2) is 5.31. The van der Waals surface area contributed by atoms with E-state index in [1.54, 1.807) is 4.90 Å². The number of benzene rings is 1. The number of nitrogens with two attached hydrogens (primary N) is 1. The summed E-state index contributed by atoms with van der Waals surface area (Å²) in [7, 11) is 0. The molecule has 0 spiro atoms. The van der Waals surface area contributed by atoms with Crippen LogP contribution in [-0.2, 0) is 0 Å². The fourth-order valence-electron chi connectivity index (χ4n) is 2.82. The van der Waals surface area contributed by atoms with Crippen LogP contribution in [0.4, 0.5) is 5.69 Å². The van der Waals surface area contributed by atoms with Crippen LogP contribution in [0.1, 0.15) is 28.6 Å². The van der Waals surface area contributed by atoms with E-state index < -0.39 is 6.10 Å². The molecule has 1 aliphatic heterocycles. The van der Waals surface area contributed by atoms with Crippen molar-refractivity contribution in [2.75, 3.05) is 18.8 Å². The topological polar surface area (TPSA) is 66.6 Å². The molecule has 3 rings (SSSR count). The van der Waals surface area contributed by atoms with Gasteiger partial charge in [0.1, 0.15) is 4.88 Å². The van der Waals surface area contributed by atoms with Crippen LogP contribution >= 0.6 is 11.3 Å². The van der Waals surface area contributed by atoms with Gasteiger partial charge in [-0.25, -0.2) is 0 Å². The van der Waals surface area contributed by atoms with Crippen molar-refractivity contribution in [3.63, 3.8) is 0 Å². The van der Waals surface area contributed by atoms with Crippen LogP contribution in [0, 0.1) is 12.8 Å². The molecule has 0 saturated carbocycles. The molecule has 112 valence electrons. The van der Waals surface area contributed by atoms with Crippen molar-refractivity contribution >= 4 is 33.0 Å². The zero-order chi connectivity index (χ0) is 15.1. The maximum absolute atomic E-state index is 12.7. The van der Waals surface area contributed by atoms with E-state index in [4.69, 9.17) is 5.73 Å². The highest BCUT2D eigenvalue weighted by Crippen LogP contribution is 2.36. The number of carbonyl (C=O) groups excluding carboxylic acids is 1. The molecule has 0 radical (unpaired) electrons. The Hall–Kier alpha value is -1.59. The average molecular weight is 304 g/mol. The lowest BCUT2D eigenvalue weighted by molar-refractivity contribution is 0.0252. The zero-order valence-electron chi connectivity index (χ0n) is 12.3. The first kappa shape index (κ1) is 14.4. The molecule has 1 amide bonds. The maximum atomic E-state index is 12.7. The van der Waals surface area contributed by atoms with E-state index in [-0.39, 0.29) is 11.8 Å². The normalized spacial score (nSPS) is 22.7. The monoisotopic (exact) mass is 304 g/mol. The lowest BCUT2D eigenvalue weighted by Gasteiger charge is -2.34. The van der Waals surface area contributed by atoms with Crippen molar-refractivity contribution < 1.29 is 9.90 Å². The average Bonchev–Trinajstić information content (AvgIpc) is 2.80. The lowest BCUT2D eigenvalue weighted by Crippen LogP contribution is -2.45. The number of piperidine rings is 1. The molecule has 0 aliphatic carbocycles. The Labute approximate surface area is 128 Å². The van der Waals surface area contributed by atoms with Crippen LogP contribution in [0.15, 0.2) is 18.2 Å². The van der Waals surface area contributed by atoms with Crippen LogP contribution in [0.25, 0.3) is 10.1 Å². The molecule has 2 unspecified atom stereocenters. The van der Waals surface area contributed by atoms with Crippen molar-refractivity contribution in [2.45, 2.75) is 26.4 Å². The number of nitrogens with zero attached hydrogens (tertiary/aromatic N) is 1. The molecule has 21 heavy (non-hydrogen) atoms. The minimum absolute atomic E-state index is 0.0564. The number of hydrogen-bond acceptors (Lipinski definition) is 4. The van der Waals surface area contributed by atoms with Crippen LogP contribution in [-0.4, -0.2) is 35.1 Å². The fourth-order valence-corrected chi connectivity index (χ4v) is 3.97. The maximum Gasteiger partial charge on any atom is 0.266 e. The molecule has 0 bridgehead atoms. The number of carbonyl (C=O) groups is 1. The molecular formula is C16H20N2O2S. The Kier molecular flexibility index (Phi) is 3.63. The number of rotatable bonds is 1. The minimum atomic E-state index is -0.444. The first-order valence-electron chi connectivity index (χ1n) is 7.24. The number of aryl methyl sites for hydroxylation is 1. The minimum Gasteiger partial charge on any atom is -0.397 e. The molecule has 2 aromatic rings. The van der Waals surface area contributed by atoms with Gasteiger partial charge >= 0.3 is 0 Å². The first-order chi connectivity index (χ1) is 9.99. The van der Waals surface area contributed by atoms with Gasteiger partial charge in [-0.05, 0) is 24.8 Å². The molecule has 1 saturated heterocycles. The molecule has 1 aliphatic rings. The van der Waals surface area contributed by atoms with Crippen LogP contribution in [0.5, 0.6) is 0 Å². The summed E-state index contributed by atoms with van der Waals surface area (Å²) >= 11 is 1.46. The number of nitrogen functional groups attached to an aromatic ring is 1. The van der Waals surface area contributed by atoms with Gasteiger partial charge in [0.15, 0.2) is 0 Å². The number of amides is 1. The molecular weight excluding hydrogens is 284 g/mol. The van der Waals surface area contributed by atoms with Gasteiger partial charge in [0.05, 0.1) is 11.8 Å². The Morgan fingerprint density at radius 2 is 2.24 bits per heavy atom. The van der Waals surface area contributed by atoms with Gasteiger partial charge in [0.2, 0.25) is 0 Å². The highest BCUT2D eigenvalue weighted by atomic mass is 32.1. The van der Waals surface area contributed by atoms with Crippen LogP contribution in [0.3, 0.4) is 0 Å². The van der Waals surface area contributed by atoms with Gasteiger partial charge in [0.25, 0.3) is 5.91 Å². The Morgan fingerprint density at radius 1 is 1.48 bits per heavy atom. The van der Waals surface area contributed by atoms with E-state index in [1.165, 1.54) is 11.3 Å². The van der Waals surface area contributed by atoms with E-state index in [0.29, 0.717) is 23.7 Å². The van der Waals surface area contributed by atoms with Crippen molar-refractivity contribution in [3.8, 4) is 0 Å². The Morgan fingerprint density at radius 3 is 2.90 bits per heavy atom. The number of aliphatic hydroxyl groups is 1. The van der Waals surface area contributed by atoms with Gasteiger partial charge in [-0.3, -0.25) is 4.79 Å². The van der Waals surface area contributed by atoms with Crippen LogP contribution < -0.4 is 5.73 Å². The van der Waals surface area contributed by atoms with Gasteiger partial charge in [-0.1, -0.05) is 25.1 Å². The number of anilines is 1. The zero-order valence-corrected chi connectivity index (χ0v) is 13.1. The van der Waals surface area contributed by atoms with Gasteiger partial charge in [-0.2, -0.15) is 0 Å².